The van der Waals surface area contributed by atoms with Crippen molar-refractivity contribution in [3.63, 3.8) is 0 Å². The van der Waals surface area contributed by atoms with Crippen LogP contribution < -0.4 is 5.32 Å². The minimum Gasteiger partial charge on any atom is -0.352 e. The Morgan fingerprint density at radius 2 is 1.62 bits per heavy atom. The van der Waals surface area contributed by atoms with Crippen LogP contribution in [0.1, 0.15) is 37.0 Å². The van der Waals surface area contributed by atoms with Crippen molar-refractivity contribution in [2.75, 3.05) is 0 Å². The van der Waals surface area contributed by atoms with Crippen molar-refractivity contribution in [1.82, 2.24) is 10.2 Å². The van der Waals surface area contributed by atoms with Gasteiger partial charge < -0.3 is 10.2 Å². The number of benzene rings is 3. The molecule has 2 atom stereocenters. The summed E-state index contributed by atoms with van der Waals surface area (Å²) in [5.41, 5.74) is 2.59. The van der Waals surface area contributed by atoms with Gasteiger partial charge >= 0.3 is 0 Å². The van der Waals surface area contributed by atoms with E-state index in [0.717, 1.165) is 22.0 Å². The number of amides is 2. The minimum atomic E-state index is -0.691. The predicted octanol–water partition coefficient (Wildman–Crippen LogP) is 5.69. The summed E-state index contributed by atoms with van der Waals surface area (Å²) in [5.74, 6) is -0.718. The highest BCUT2D eigenvalue weighted by atomic mass is 79.9. The maximum Gasteiger partial charge on any atom is 0.243 e. The molecule has 3 rings (SSSR count). The van der Waals surface area contributed by atoms with Gasteiger partial charge in [0.15, 0.2) is 0 Å². The van der Waals surface area contributed by atoms with Crippen LogP contribution in [0.2, 0.25) is 0 Å². The topological polar surface area (TPSA) is 49.4 Å². The molecule has 0 aliphatic heterocycles. The SMILES string of the molecule is CC[C@@H](C)NC(=O)[C@@H](Cc1ccccc1)N(Cc1cccc(Br)c1)C(=O)Cc1ccc(F)cc1. The molecule has 0 saturated heterocycles. The normalized spacial score (nSPS) is 12.6. The number of nitrogens with zero attached hydrogens (tertiary/aromatic N) is 1. The number of carbonyl (C=O) groups is 2. The van der Waals surface area contributed by atoms with Crippen molar-refractivity contribution in [2.45, 2.75) is 51.7 Å². The van der Waals surface area contributed by atoms with Gasteiger partial charge in [0.25, 0.3) is 0 Å². The van der Waals surface area contributed by atoms with E-state index in [0.29, 0.717) is 12.0 Å². The Balaban J connectivity index is 1.96. The molecule has 4 nitrogen and oxygen atoms in total. The molecule has 0 radical (unpaired) electrons. The number of carbonyl (C=O) groups excluding carboxylic acids is 2. The van der Waals surface area contributed by atoms with Gasteiger partial charge in [0.1, 0.15) is 11.9 Å². The van der Waals surface area contributed by atoms with Crippen molar-refractivity contribution in [3.05, 3.63) is 106 Å². The van der Waals surface area contributed by atoms with Gasteiger partial charge in [-0.25, -0.2) is 4.39 Å². The molecule has 0 unspecified atom stereocenters. The maximum absolute atomic E-state index is 13.6. The average molecular weight is 525 g/mol. The zero-order chi connectivity index (χ0) is 24.5. The Morgan fingerprint density at radius 3 is 2.26 bits per heavy atom. The molecule has 6 heteroatoms. The maximum atomic E-state index is 13.6. The molecular weight excluding hydrogens is 495 g/mol. The number of nitrogens with one attached hydrogen (secondary N) is 1. The first-order chi connectivity index (χ1) is 16.4. The summed E-state index contributed by atoms with van der Waals surface area (Å²) < 4.78 is 14.3. The number of hydrogen-bond acceptors (Lipinski definition) is 2. The van der Waals surface area contributed by atoms with Gasteiger partial charge in [-0.3, -0.25) is 9.59 Å². The number of hydrogen-bond donors (Lipinski definition) is 1. The Bertz CT molecular complexity index is 1090. The second-order valence-electron chi connectivity index (χ2n) is 8.48. The van der Waals surface area contributed by atoms with Crippen LogP contribution in [0.25, 0.3) is 0 Å². The smallest absolute Gasteiger partial charge is 0.243 e. The van der Waals surface area contributed by atoms with Crippen LogP contribution in [-0.2, 0) is 29.0 Å². The molecule has 0 bridgehead atoms. The molecule has 178 valence electrons. The molecule has 1 N–H and O–H groups in total. The Kier molecular flexibility index (Phi) is 9.40. The lowest BCUT2D eigenvalue weighted by Crippen LogP contribution is -2.52. The van der Waals surface area contributed by atoms with Gasteiger partial charge in [0.2, 0.25) is 11.8 Å². The molecule has 3 aromatic rings. The summed E-state index contributed by atoms with van der Waals surface area (Å²) in [5, 5.41) is 3.06. The highest BCUT2D eigenvalue weighted by molar-refractivity contribution is 9.10. The van der Waals surface area contributed by atoms with E-state index in [1.807, 2.05) is 68.4 Å². The van der Waals surface area contributed by atoms with E-state index in [1.165, 1.54) is 12.1 Å². The Labute approximate surface area is 209 Å². The standard InChI is InChI=1S/C28H30BrFN2O2/c1-3-20(2)31-28(34)26(17-21-8-5-4-6-9-21)32(19-23-10-7-11-24(29)16-23)27(33)18-22-12-14-25(30)15-13-22/h4-16,20,26H,3,17-19H2,1-2H3,(H,31,34)/t20-,26-/m1/s1. The molecular formula is C28H30BrFN2O2. The van der Waals surface area contributed by atoms with E-state index in [4.69, 9.17) is 0 Å². The third-order valence-corrected chi connectivity index (χ3v) is 6.28. The van der Waals surface area contributed by atoms with E-state index in [2.05, 4.69) is 21.2 Å². The van der Waals surface area contributed by atoms with Gasteiger partial charge in [-0.05, 0) is 54.3 Å². The first-order valence-electron chi connectivity index (χ1n) is 11.5. The molecule has 0 aliphatic rings. The zero-order valence-corrected chi connectivity index (χ0v) is 21.1. The molecule has 3 aromatic carbocycles. The van der Waals surface area contributed by atoms with Crippen LogP contribution in [0, 0.1) is 5.82 Å². The van der Waals surface area contributed by atoms with Gasteiger partial charge in [-0.2, -0.15) is 0 Å². The summed E-state index contributed by atoms with van der Waals surface area (Å²) in [4.78, 5) is 28.7. The van der Waals surface area contributed by atoms with Gasteiger partial charge in [-0.15, -0.1) is 0 Å². The van der Waals surface area contributed by atoms with Crippen LogP contribution in [0.15, 0.2) is 83.3 Å². The van der Waals surface area contributed by atoms with Crippen molar-refractivity contribution < 1.29 is 14.0 Å². The lowest BCUT2D eigenvalue weighted by Gasteiger charge is -2.32. The molecule has 34 heavy (non-hydrogen) atoms. The van der Waals surface area contributed by atoms with Crippen LogP contribution >= 0.6 is 15.9 Å². The molecule has 0 fully saturated rings. The van der Waals surface area contributed by atoms with Gasteiger partial charge in [-0.1, -0.05) is 77.5 Å². The van der Waals surface area contributed by atoms with Gasteiger partial charge in [0, 0.05) is 23.5 Å². The lowest BCUT2D eigenvalue weighted by atomic mass is 10.0. The van der Waals surface area contributed by atoms with Gasteiger partial charge in [0.05, 0.1) is 6.42 Å². The summed E-state index contributed by atoms with van der Waals surface area (Å²) >= 11 is 3.49. The highest BCUT2D eigenvalue weighted by Crippen LogP contribution is 2.19. The van der Waals surface area contributed by atoms with Crippen molar-refractivity contribution in [2.24, 2.45) is 0 Å². The van der Waals surface area contributed by atoms with Crippen LogP contribution in [0.5, 0.6) is 0 Å². The van der Waals surface area contributed by atoms with E-state index in [-0.39, 0.29) is 36.6 Å². The largest absolute Gasteiger partial charge is 0.352 e. The average Bonchev–Trinajstić information content (AvgIpc) is 2.83. The fraction of sp³-hybridized carbons (Fsp3) is 0.286. The van der Waals surface area contributed by atoms with Crippen LogP contribution in [-0.4, -0.2) is 28.8 Å². The molecule has 0 spiro atoms. The van der Waals surface area contributed by atoms with Crippen molar-refractivity contribution in [3.8, 4) is 0 Å². The fourth-order valence-electron chi connectivity index (χ4n) is 3.71. The van der Waals surface area contributed by atoms with E-state index < -0.39 is 6.04 Å². The van der Waals surface area contributed by atoms with E-state index in [9.17, 15) is 14.0 Å². The minimum absolute atomic E-state index is 0.00862. The lowest BCUT2D eigenvalue weighted by molar-refractivity contribution is -0.141. The van der Waals surface area contributed by atoms with Crippen LogP contribution in [0.4, 0.5) is 4.39 Å². The second-order valence-corrected chi connectivity index (χ2v) is 9.39. The number of halogens is 2. The second kappa shape index (κ2) is 12.5. The summed E-state index contributed by atoms with van der Waals surface area (Å²) in [7, 11) is 0. The quantitative estimate of drug-likeness (QED) is 0.370. The predicted molar refractivity (Wildman–Crippen MR) is 137 cm³/mol. The molecule has 2 amide bonds. The Hall–Kier alpha value is -2.99. The van der Waals surface area contributed by atoms with E-state index in [1.54, 1.807) is 17.0 Å². The van der Waals surface area contributed by atoms with Crippen molar-refractivity contribution >= 4 is 27.7 Å². The third-order valence-electron chi connectivity index (χ3n) is 5.78. The van der Waals surface area contributed by atoms with Crippen LogP contribution in [0.3, 0.4) is 0 Å². The number of rotatable bonds is 10. The highest BCUT2D eigenvalue weighted by Gasteiger charge is 2.31. The summed E-state index contributed by atoms with van der Waals surface area (Å²) in [6.45, 7) is 4.25. The summed E-state index contributed by atoms with van der Waals surface area (Å²) in [6.07, 6.45) is 1.27. The van der Waals surface area contributed by atoms with E-state index >= 15 is 0 Å². The zero-order valence-electron chi connectivity index (χ0n) is 19.5. The molecule has 0 aromatic heterocycles. The summed E-state index contributed by atoms with van der Waals surface area (Å²) in [6, 6.07) is 22.6. The third kappa shape index (κ3) is 7.52. The fourth-order valence-corrected chi connectivity index (χ4v) is 4.15. The molecule has 0 saturated carbocycles. The monoisotopic (exact) mass is 524 g/mol. The Morgan fingerprint density at radius 1 is 0.941 bits per heavy atom. The molecule has 0 heterocycles. The first kappa shape index (κ1) is 25.6. The molecule has 0 aliphatic carbocycles. The van der Waals surface area contributed by atoms with Crippen molar-refractivity contribution in [1.29, 1.82) is 0 Å². The first-order valence-corrected chi connectivity index (χ1v) is 12.3.